The summed E-state index contributed by atoms with van der Waals surface area (Å²) in [7, 11) is 0. The maximum atomic E-state index is 12.4. The van der Waals surface area contributed by atoms with Crippen molar-refractivity contribution in [2.75, 3.05) is 42.9 Å². The number of carbonyl (C=O) groups excluding carboxylic acids is 1. The highest BCUT2D eigenvalue weighted by Crippen LogP contribution is 2.26. The van der Waals surface area contributed by atoms with E-state index in [4.69, 9.17) is 0 Å². The van der Waals surface area contributed by atoms with Crippen molar-refractivity contribution in [2.45, 2.75) is 19.3 Å². The number of fused-ring (bicyclic) bond motifs is 1. The number of phenolic OH excluding ortho intramolecular Hbond substituents is 1. The molecule has 2 aromatic rings. The number of piperazine rings is 1. The number of nitrogens with zero attached hydrogens (tertiary/aromatic N) is 1. The lowest BCUT2D eigenvalue weighted by atomic mass is 10.1. The fraction of sp³-hybridized carbons (Fsp3) is 0.381. The van der Waals surface area contributed by atoms with Crippen molar-refractivity contribution in [1.82, 2.24) is 0 Å². The number of anilines is 2. The van der Waals surface area contributed by atoms with E-state index in [1.807, 2.05) is 24.3 Å². The molecular weight excluding hydrogens is 326 g/mol. The lowest BCUT2D eigenvalue weighted by Crippen LogP contribution is -3.15. The number of aryl methyl sites for hydroxylation is 2. The maximum Gasteiger partial charge on any atom is 0.279 e. The van der Waals surface area contributed by atoms with Crippen LogP contribution < -0.4 is 15.1 Å². The minimum absolute atomic E-state index is 0.0777. The summed E-state index contributed by atoms with van der Waals surface area (Å²) in [5.74, 6) is 0.402. The summed E-state index contributed by atoms with van der Waals surface area (Å²) in [4.78, 5) is 15.9. The van der Waals surface area contributed by atoms with E-state index in [1.165, 1.54) is 22.4 Å². The van der Waals surface area contributed by atoms with Gasteiger partial charge in [0.25, 0.3) is 5.91 Å². The van der Waals surface area contributed by atoms with Crippen LogP contribution in [-0.2, 0) is 17.6 Å². The normalized spacial score (nSPS) is 17.2. The van der Waals surface area contributed by atoms with Crippen molar-refractivity contribution >= 4 is 17.3 Å². The molecule has 26 heavy (non-hydrogen) atoms. The smallest absolute Gasteiger partial charge is 0.279 e. The molecule has 136 valence electrons. The Morgan fingerprint density at radius 1 is 1.08 bits per heavy atom. The molecule has 0 unspecified atom stereocenters. The Hall–Kier alpha value is -2.53. The van der Waals surface area contributed by atoms with Gasteiger partial charge in [0.1, 0.15) is 5.75 Å². The first-order chi connectivity index (χ1) is 12.7. The molecule has 1 heterocycles. The predicted octanol–water partition coefficient (Wildman–Crippen LogP) is 1.22. The molecule has 0 radical (unpaired) electrons. The molecule has 0 atom stereocenters. The molecule has 2 aromatic carbocycles. The number of benzene rings is 2. The molecule has 5 nitrogen and oxygen atoms in total. The Morgan fingerprint density at radius 3 is 2.65 bits per heavy atom. The number of para-hydroxylation sites is 2. The monoisotopic (exact) mass is 352 g/mol. The van der Waals surface area contributed by atoms with E-state index in [1.54, 1.807) is 6.07 Å². The number of hydrogen-bond donors (Lipinski definition) is 3. The van der Waals surface area contributed by atoms with E-state index in [2.05, 4.69) is 22.3 Å². The van der Waals surface area contributed by atoms with Crippen molar-refractivity contribution in [3.05, 3.63) is 53.6 Å². The summed E-state index contributed by atoms with van der Waals surface area (Å²) in [5, 5.41) is 13.0. The van der Waals surface area contributed by atoms with Gasteiger partial charge in [0.2, 0.25) is 0 Å². The largest absolute Gasteiger partial charge is 0.506 e. The number of aromatic hydroxyl groups is 1. The quantitative estimate of drug-likeness (QED) is 0.776. The summed E-state index contributed by atoms with van der Waals surface area (Å²) in [6.45, 7) is 3.97. The summed E-state index contributed by atoms with van der Waals surface area (Å²) in [6.07, 6.45) is 3.51. The first-order valence-corrected chi connectivity index (χ1v) is 9.47. The van der Waals surface area contributed by atoms with Crippen LogP contribution in [0.15, 0.2) is 42.5 Å². The highest BCUT2D eigenvalue weighted by Gasteiger charge is 2.23. The fourth-order valence-electron chi connectivity index (χ4n) is 4.05. The van der Waals surface area contributed by atoms with E-state index in [0.29, 0.717) is 12.3 Å². The SMILES string of the molecule is O=C(C[NH+]1CCN(c2ccccc2O)CC1)Nc1ccc2c(c1)CCC2. The van der Waals surface area contributed by atoms with Crippen LogP contribution in [0.5, 0.6) is 5.75 Å². The van der Waals surface area contributed by atoms with Gasteiger partial charge in [-0.2, -0.15) is 0 Å². The molecule has 5 heteroatoms. The van der Waals surface area contributed by atoms with Gasteiger partial charge in [-0.1, -0.05) is 18.2 Å². The van der Waals surface area contributed by atoms with Gasteiger partial charge in [0.05, 0.1) is 31.9 Å². The Balaban J connectivity index is 1.29. The van der Waals surface area contributed by atoms with Gasteiger partial charge in [0, 0.05) is 5.69 Å². The van der Waals surface area contributed by atoms with Gasteiger partial charge in [-0.25, -0.2) is 0 Å². The van der Waals surface area contributed by atoms with Crippen LogP contribution >= 0.6 is 0 Å². The summed E-state index contributed by atoms with van der Waals surface area (Å²) in [6, 6.07) is 13.7. The number of amides is 1. The lowest BCUT2D eigenvalue weighted by Gasteiger charge is -2.33. The Kier molecular flexibility index (Phi) is 4.80. The Morgan fingerprint density at radius 2 is 1.85 bits per heavy atom. The molecule has 1 aliphatic carbocycles. The molecule has 1 fully saturated rings. The van der Waals surface area contributed by atoms with Gasteiger partial charge in [0.15, 0.2) is 6.54 Å². The number of hydrogen-bond acceptors (Lipinski definition) is 3. The van der Waals surface area contributed by atoms with Gasteiger partial charge in [-0.15, -0.1) is 0 Å². The highest BCUT2D eigenvalue weighted by molar-refractivity contribution is 5.91. The maximum absolute atomic E-state index is 12.4. The molecule has 0 spiro atoms. The zero-order valence-corrected chi connectivity index (χ0v) is 15.0. The van der Waals surface area contributed by atoms with E-state index >= 15 is 0 Å². The van der Waals surface area contributed by atoms with Gasteiger partial charge in [-0.05, 0) is 54.7 Å². The minimum atomic E-state index is 0.0777. The van der Waals surface area contributed by atoms with Crippen molar-refractivity contribution in [1.29, 1.82) is 0 Å². The van der Waals surface area contributed by atoms with Gasteiger partial charge < -0.3 is 20.2 Å². The fourth-order valence-corrected chi connectivity index (χ4v) is 4.05. The molecule has 0 saturated carbocycles. The van der Waals surface area contributed by atoms with Crippen LogP contribution in [0.3, 0.4) is 0 Å². The number of phenols is 1. The molecular formula is C21H26N3O2+. The number of nitrogens with one attached hydrogen (secondary N) is 2. The molecule has 1 aliphatic heterocycles. The van der Waals surface area contributed by atoms with E-state index < -0.39 is 0 Å². The first kappa shape index (κ1) is 16.9. The molecule has 0 aromatic heterocycles. The molecule has 2 aliphatic rings. The Bertz CT molecular complexity index is 798. The van der Waals surface area contributed by atoms with Crippen molar-refractivity contribution in [2.24, 2.45) is 0 Å². The number of rotatable bonds is 4. The summed E-state index contributed by atoms with van der Waals surface area (Å²) in [5.41, 5.74) is 4.61. The molecule has 0 bridgehead atoms. The van der Waals surface area contributed by atoms with Gasteiger partial charge >= 0.3 is 0 Å². The van der Waals surface area contributed by atoms with Crippen LogP contribution in [0.4, 0.5) is 11.4 Å². The van der Waals surface area contributed by atoms with Crippen LogP contribution in [0.2, 0.25) is 0 Å². The average Bonchev–Trinajstić information content (AvgIpc) is 3.11. The zero-order valence-electron chi connectivity index (χ0n) is 15.0. The van der Waals surface area contributed by atoms with Crippen LogP contribution in [0, 0.1) is 0 Å². The number of quaternary nitrogens is 1. The van der Waals surface area contributed by atoms with E-state index in [-0.39, 0.29) is 5.91 Å². The second-order valence-electron chi connectivity index (χ2n) is 7.29. The molecule has 1 saturated heterocycles. The molecule has 4 rings (SSSR count). The van der Waals surface area contributed by atoms with Crippen molar-refractivity contribution < 1.29 is 14.8 Å². The predicted molar refractivity (Wildman–Crippen MR) is 103 cm³/mol. The first-order valence-electron chi connectivity index (χ1n) is 9.47. The van der Waals surface area contributed by atoms with E-state index in [0.717, 1.165) is 50.4 Å². The van der Waals surface area contributed by atoms with E-state index in [9.17, 15) is 9.90 Å². The van der Waals surface area contributed by atoms with Crippen molar-refractivity contribution in [3.63, 3.8) is 0 Å². The average molecular weight is 352 g/mol. The van der Waals surface area contributed by atoms with Crippen molar-refractivity contribution in [3.8, 4) is 5.75 Å². The summed E-state index contributed by atoms with van der Waals surface area (Å²) < 4.78 is 0. The number of carbonyl (C=O) groups is 1. The highest BCUT2D eigenvalue weighted by atomic mass is 16.3. The zero-order chi connectivity index (χ0) is 17.9. The van der Waals surface area contributed by atoms with Crippen LogP contribution in [0.1, 0.15) is 17.5 Å². The minimum Gasteiger partial charge on any atom is -0.506 e. The third kappa shape index (κ3) is 3.68. The standard InChI is InChI=1S/C21H25N3O2/c25-20-7-2-1-6-19(20)24-12-10-23(11-13-24)15-21(26)22-18-9-8-16-4-3-5-17(16)14-18/h1-2,6-9,14,25H,3-5,10-13,15H2,(H,22,26)/p+1. The third-order valence-electron chi connectivity index (χ3n) is 5.49. The Labute approximate surface area is 154 Å². The lowest BCUT2D eigenvalue weighted by molar-refractivity contribution is -0.892. The van der Waals surface area contributed by atoms with Gasteiger partial charge in [-0.3, -0.25) is 4.79 Å². The molecule has 3 N–H and O–H groups in total. The summed E-state index contributed by atoms with van der Waals surface area (Å²) >= 11 is 0. The topological polar surface area (TPSA) is 57.0 Å². The second-order valence-corrected chi connectivity index (χ2v) is 7.29. The van der Waals surface area contributed by atoms with Crippen LogP contribution in [-0.4, -0.2) is 43.7 Å². The molecule has 1 amide bonds. The second kappa shape index (κ2) is 7.38. The third-order valence-corrected chi connectivity index (χ3v) is 5.49. The van der Waals surface area contributed by atoms with Crippen LogP contribution in [0.25, 0.3) is 0 Å².